The van der Waals surface area contributed by atoms with Crippen LogP contribution in [0, 0.1) is 41.1 Å². The summed E-state index contributed by atoms with van der Waals surface area (Å²) in [6.45, 7) is 3.38. The van der Waals surface area contributed by atoms with Crippen molar-refractivity contribution in [2.75, 3.05) is 0 Å². The van der Waals surface area contributed by atoms with Crippen LogP contribution in [0.5, 0.6) is 11.5 Å². The Kier molecular flexibility index (Phi) is 3.85. The quantitative estimate of drug-likeness (QED) is 0.630. The average molecular weight is 286 g/mol. The topological polar surface area (TPSA) is 76.2 Å². The van der Waals surface area contributed by atoms with Crippen molar-refractivity contribution in [3.8, 4) is 17.6 Å². The van der Waals surface area contributed by atoms with Gasteiger partial charge in [-0.25, -0.2) is 4.39 Å². The second kappa shape index (κ2) is 5.59. The lowest BCUT2D eigenvalue weighted by Crippen LogP contribution is -1.98. The van der Waals surface area contributed by atoms with Gasteiger partial charge in [-0.05, 0) is 43.2 Å². The van der Waals surface area contributed by atoms with Gasteiger partial charge in [0.25, 0.3) is 0 Å². The van der Waals surface area contributed by atoms with E-state index in [2.05, 4.69) is 0 Å². The maximum absolute atomic E-state index is 13.8. The fourth-order valence-electron chi connectivity index (χ4n) is 1.96. The van der Waals surface area contributed by atoms with Crippen LogP contribution in [-0.2, 0) is 0 Å². The molecule has 0 saturated carbocycles. The molecule has 0 aliphatic rings. The van der Waals surface area contributed by atoms with Crippen LogP contribution in [0.25, 0.3) is 0 Å². The summed E-state index contributed by atoms with van der Waals surface area (Å²) >= 11 is 0. The van der Waals surface area contributed by atoms with Gasteiger partial charge in [-0.1, -0.05) is 6.07 Å². The zero-order valence-corrected chi connectivity index (χ0v) is 11.4. The summed E-state index contributed by atoms with van der Waals surface area (Å²) in [6.07, 6.45) is 0. The number of nitriles is 1. The predicted octanol–water partition coefficient (Wildman–Crippen LogP) is 4.01. The fourth-order valence-corrected chi connectivity index (χ4v) is 1.96. The third kappa shape index (κ3) is 2.98. The summed E-state index contributed by atoms with van der Waals surface area (Å²) in [5.41, 5.74) is 1.17. The van der Waals surface area contributed by atoms with Crippen molar-refractivity contribution in [2.24, 2.45) is 0 Å². The Labute approximate surface area is 120 Å². The molecule has 0 saturated heterocycles. The van der Waals surface area contributed by atoms with E-state index in [1.54, 1.807) is 26.0 Å². The zero-order chi connectivity index (χ0) is 15.6. The van der Waals surface area contributed by atoms with Crippen molar-refractivity contribution in [1.82, 2.24) is 0 Å². The number of nitro benzene ring substituents is 1. The van der Waals surface area contributed by atoms with E-state index >= 15 is 0 Å². The zero-order valence-electron chi connectivity index (χ0n) is 11.4. The summed E-state index contributed by atoms with van der Waals surface area (Å²) in [7, 11) is 0. The summed E-state index contributed by atoms with van der Waals surface area (Å²) in [6, 6.07) is 8.56. The van der Waals surface area contributed by atoms with Gasteiger partial charge in [-0.15, -0.1) is 0 Å². The monoisotopic (exact) mass is 286 g/mol. The van der Waals surface area contributed by atoms with Gasteiger partial charge in [-0.2, -0.15) is 5.26 Å². The van der Waals surface area contributed by atoms with Crippen LogP contribution in [-0.4, -0.2) is 4.92 Å². The van der Waals surface area contributed by atoms with Crippen LogP contribution in [0.3, 0.4) is 0 Å². The Balaban J connectivity index is 2.49. The highest BCUT2D eigenvalue weighted by Gasteiger charge is 2.20. The number of halogens is 1. The van der Waals surface area contributed by atoms with Crippen molar-refractivity contribution in [1.29, 1.82) is 5.26 Å². The second-order valence-corrected chi connectivity index (χ2v) is 4.55. The molecule has 0 aromatic heterocycles. The first-order valence-electron chi connectivity index (χ1n) is 6.05. The smallest absolute Gasteiger partial charge is 0.312 e. The Morgan fingerprint density at radius 1 is 1.29 bits per heavy atom. The molecule has 0 bridgehead atoms. The van der Waals surface area contributed by atoms with Crippen LogP contribution in [0.2, 0.25) is 0 Å². The van der Waals surface area contributed by atoms with Crippen molar-refractivity contribution in [3.05, 3.63) is 63.0 Å². The van der Waals surface area contributed by atoms with Crippen molar-refractivity contribution < 1.29 is 14.1 Å². The number of nitrogens with zero attached hydrogens (tertiary/aromatic N) is 2. The lowest BCUT2D eigenvalue weighted by Gasteiger charge is -2.10. The van der Waals surface area contributed by atoms with Crippen LogP contribution in [0.15, 0.2) is 30.3 Å². The SMILES string of the molecule is Cc1cc(C)c(Oc2ccc(C#N)cc2F)c([N+](=O)[O-])c1. The highest BCUT2D eigenvalue weighted by Crippen LogP contribution is 2.36. The molecule has 2 aromatic rings. The van der Waals surface area contributed by atoms with Crippen molar-refractivity contribution in [2.45, 2.75) is 13.8 Å². The van der Waals surface area contributed by atoms with Gasteiger partial charge >= 0.3 is 5.69 Å². The van der Waals surface area contributed by atoms with E-state index in [4.69, 9.17) is 10.00 Å². The summed E-state index contributed by atoms with van der Waals surface area (Å²) < 4.78 is 19.2. The molecule has 0 fully saturated rings. The summed E-state index contributed by atoms with van der Waals surface area (Å²) in [5.74, 6) is -0.915. The average Bonchev–Trinajstić information content (AvgIpc) is 2.42. The lowest BCUT2D eigenvalue weighted by atomic mass is 10.1. The first-order chi connectivity index (χ1) is 9.92. The van der Waals surface area contributed by atoms with Crippen LogP contribution in [0.4, 0.5) is 10.1 Å². The third-order valence-corrected chi connectivity index (χ3v) is 2.87. The largest absolute Gasteiger partial charge is 0.447 e. The number of ether oxygens (including phenoxy) is 1. The fraction of sp³-hybridized carbons (Fsp3) is 0.133. The molecule has 0 amide bonds. The van der Waals surface area contributed by atoms with Gasteiger partial charge in [0.15, 0.2) is 11.6 Å². The molecule has 0 aliphatic carbocycles. The number of aryl methyl sites for hydroxylation is 2. The minimum Gasteiger partial charge on any atom is -0.447 e. The molecule has 21 heavy (non-hydrogen) atoms. The molecule has 5 nitrogen and oxygen atoms in total. The molecular formula is C15H11FN2O3. The Morgan fingerprint density at radius 3 is 2.57 bits per heavy atom. The molecule has 2 aromatic carbocycles. The first kappa shape index (κ1) is 14.5. The van der Waals surface area contributed by atoms with Crippen molar-refractivity contribution in [3.63, 3.8) is 0 Å². The molecule has 0 aliphatic heterocycles. The van der Waals surface area contributed by atoms with Gasteiger partial charge in [0.1, 0.15) is 0 Å². The highest BCUT2D eigenvalue weighted by atomic mass is 19.1. The predicted molar refractivity (Wildman–Crippen MR) is 73.8 cm³/mol. The Hall–Kier alpha value is -2.94. The molecule has 0 N–H and O–H groups in total. The number of rotatable bonds is 3. The van der Waals surface area contributed by atoms with E-state index in [1.807, 2.05) is 0 Å². The molecular weight excluding hydrogens is 275 g/mol. The molecule has 0 unspecified atom stereocenters. The standard InChI is InChI=1S/C15H11FN2O3/c1-9-5-10(2)15(13(6-9)18(19)20)21-14-4-3-11(8-17)7-12(14)16/h3-7H,1-2H3. The highest BCUT2D eigenvalue weighted by molar-refractivity contribution is 5.55. The normalized spacial score (nSPS) is 10.0. The van der Waals surface area contributed by atoms with E-state index in [0.717, 1.165) is 6.07 Å². The molecule has 0 atom stereocenters. The van der Waals surface area contributed by atoms with Gasteiger partial charge in [0, 0.05) is 6.07 Å². The Bertz CT molecular complexity index is 766. The molecule has 0 spiro atoms. The van der Waals surface area contributed by atoms with E-state index in [-0.39, 0.29) is 22.7 Å². The maximum Gasteiger partial charge on any atom is 0.312 e. The van der Waals surface area contributed by atoms with E-state index < -0.39 is 10.7 Å². The number of nitro groups is 1. The van der Waals surface area contributed by atoms with Gasteiger partial charge in [0.2, 0.25) is 5.75 Å². The molecule has 0 heterocycles. The number of benzene rings is 2. The van der Waals surface area contributed by atoms with Gasteiger partial charge < -0.3 is 4.74 Å². The second-order valence-electron chi connectivity index (χ2n) is 4.55. The van der Waals surface area contributed by atoms with Gasteiger partial charge in [-0.3, -0.25) is 10.1 Å². The van der Waals surface area contributed by atoms with Crippen LogP contribution < -0.4 is 4.74 Å². The number of hydrogen-bond acceptors (Lipinski definition) is 4. The van der Waals surface area contributed by atoms with Crippen molar-refractivity contribution >= 4 is 5.69 Å². The van der Waals surface area contributed by atoms with E-state index in [9.17, 15) is 14.5 Å². The molecule has 106 valence electrons. The molecule has 2 rings (SSSR count). The summed E-state index contributed by atoms with van der Waals surface area (Å²) in [5, 5.41) is 19.8. The van der Waals surface area contributed by atoms with E-state index in [0.29, 0.717) is 11.1 Å². The Morgan fingerprint density at radius 2 is 2.00 bits per heavy atom. The molecule has 0 radical (unpaired) electrons. The lowest BCUT2D eigenvalue weighted by molar-refractivity contribution is -0.385. The van der Waals surface area contributed by atoms with Gasteiger partial charge in [0.05, 0.1) is 16.6 Å². The molecule has 6 heteroatoms. The maximum atomic E-state index is 13.8. The van der Waals surface area contributed by atoms with Crippen LogP contribution in [0.1, 0.15) is 16.7 Å². The minimum absolute atomic E-state index is 0.00536. The summed E-state index contributed by atoms with van der Waals surface area (Å²) in [4.78, 5) is 10.5. The van der Waals surface area contributed by atoms with E-state index in [1.165, 1.54) is 18.2 Å². The first-order valence-corrected chi connectivity index (χ1v) is 6.05. The van der Waals surface area contributed by atoms with Crippen LogP contribution >= 0.6 is 0 Å². The minimum atomic E-state index is -0.747. The number of hydrogen-bond donors (Lipinski definition) is 0. The third-order valence-electron chi connectivity index (χ3n) is 2.87.